The highest BCUT2D eigenvalue weighted by Gasteiger charge is 2.01. The standard InChI is InChI=1S/C15H12S/c1-3-6-15-10-14(11-16-15)13-8-5-7-12(4-2)9-13/h2-3,5,7-11H,1,6H2. The highest BCUT2D eigenvalue weighted by atomic mass is 32.1. The Morgan fingerprint density at radius 2 is 2.19 bits per heavy atom. The molecule has 78 valence electrons. The molecular weight excluding hydrogens is 212 g/mol. The van der Waals surface area contributed by atoms with Gasteiger partial charge in [0.25, 0.3) is 0 Å². The Bertz CT molecular complexity index is 541. The number of hydrogen-bond donors (Lipinski definition) is 0. The third-order valence-electron chi connectivity index (χ3n) is 2.36. The van der Waals surface area contributed by atoms with E-state index in [2.05, 4.69) is 30.0 Å². The van der Waals surface area contributed by atoms with Crippen molar-refractivity contribution in [2.24, 2.45) is 0 Å². The van der Waals surface area contributed by atoms with Gasteiger partial charge in [-0.1, -0.05) is 24.1 Å². The number of allylic oxidation sites excluding steroid dienone is 1. The van der Waals surface area contributed by atoms with Crippen LogP contribution in [-0.2, 0) is 6.42 Å². The summed E-state index contributed by atoms with van der Waals surface area (Å²) in [5.74, 6) is 2.66. The highest BCUT2D eigenvalue weighted by Crippen LogP contribution is 2.26. The molecule has 0 unspecified atom stereocenters. The van der Waals surface area contributed by atoms with E-state index in [4.69, 9.17) is 6.42 Å². The van der Waals surface area contributed by atoms with Gasteiger partial charge in [-0.3, -0.25) is 0 Å². The molecule has 2 rings (SSSR count). The molecule has 0 spiro atoms. The number of benzene rings is 1. The Morgan fingerprint density at radius 1 is 1.31 bits per heavy atom. The fourth-order valence-corrected chi connectivity index (χ4v) is 2.46. The summed E-state index contributed by atoms with van der Waals surface area (Å²) < 4.78 is 0. The summed E-state index contributed by atoms with van der Waals surface area (Å²) >= 11 is 1.76. The molecule has 0 nitrogen and oxygen atoms in total. The molecule has 16 heavy (non-hydrogen) atoms. The van der Waals surface area contributed by atoms with Crippen molar-refractivity contribution in [2.45, 2.75) is 6.42 Å². The Balaban J connectivity index is 2.35. The Hall–Kier alpha value is -1.78. The van der Waals surface area contributed by atoms with Crippen molar-refractivity contribution in [2.75, 3.05) is 0 Å². The first-order chi connectivity index (χ1) is 7.83. The van der Waals surface area contributed by atoms with Crippen molar-refractivity contribution in [1.82, 2.24) is 0 Å². The molecule has 1 aromatic heterocycles. The summed E-state index contributed by atoms with van der Waals surface area (Å²) in [6.45, 7) is 3.75. The van der Waals surface area contributed by atoms with E-state index in [9.17, 15) is 0 Å². The van der Waals surface area contributed by atoms with Crippen LogP contribution in [0.5, 0.6) is 0 Å². The molecular formula is C15H12S. The molecule has 0 radical (unpaired) electrons. The van der Waals surface area contributed by atoms with Gasteiger partial charge in [-0.25, -0.2) is 0 Å². The van der Waals surface area contributed by atoms with Crippen LogP contribution in [0.4, 0.5) is 0 Å². The average Bonchev–Trinajstić information content (AvgIpc) is 2.78. The maximum absolute atomic E-state index is 5.39. The SMILES string of the molecule is C#Cc1cccc(-c2csc(CC=C)c2)c1. The van der Waals surface area contributed by atoms with Crippen LogP contribution in [0.2, 0.25) is 0 Å². The van der Waals surface area contributed by atoms with Crippen LogP contribution in [0.15, 0.2) is 48.4 Å². The van der Waals surface area contributed by atoms with Gasteiger partial charge in [0.2, 0.25) is 0 Å². The van der Waals surface area contributed by atoms with E-state index in [0.29, 0.717) is 0 Å². The zero-order chi connectivity index (χ0) is 11.4. The molecule has 0 atom stereocenters. The maximum atomic E-state index is 5.39. The molecule has 0 saturated carbocycles. The Labute approximate surface area is 100 Å². The van der Waals surface area contributed by atoms with Gasteiger partial charge < -0.3 is 0 Å². The number of hydrogen-bond acceptors (Lipinski definition) is 1. The van der Waals surface area contributed by atoms with Gasteiger partial charge in [0.05, 0.1) is 0 Å². The fourth-order valence-electron chi connectivity index (χ4n) is 1.57. The molecule has 1 aromatic carbocycles. The lowest BCUT2D eigenvalue weighted by Crippen LogP contribution is -1.77. The van der Waals surface area contributed by atoms with E-state index in [-0.39, 0.29) is 0 Å². The molecule has 0 amide bonds. The van der Waals surface area contributed by atoms with E-state index in [1.807, 2.05) is 24.3 Å². The molecule has 1 heteroatoms. The summed E-state index contributed by atoms with van der Waals surface area (Å²) in [5, 5.41) is 2.16. The van der Waals surface area contributed by atoms with Crippen molar-refractivity contribution in [3.05, 3.63) is 58.8 Å². The minimum absolute atomic E-state index is 0.925. The number of terminal acetylenes is 1. The minimum Gasteiger partial charge on any atom is -0.148 e. The predicted molar refractivity (Wildman–Crippen MR) is 71.6 cm³/mol. The van der Waals surface area contributed by atoms with Crippen molar-refractivity contribution in [1.29, 1.82) is 0 Å². The second kappa shape index (κ2) is 4.83. The summed E-state index contributed by atoms with van der Waals surface area (Å²) in [5.41, 5.74) is 3.34. The van der Waals surface area contributed by atoms with E-state index in [1.165, 1.54) is 16.0 Å². The van der Waals surface area contributed by atoms with Crippen LogP contribution in [0, 0.1) is 12.3 Å². The Kier molecular flexibility index (Phi) is 3.24. The lowest BCUT2D eigenvalue weighted by Gasteiger charge is -1.98. The van der Waals surface area contributed by atoms with E-state index in [1.54, 1.807) is 11.3 Å². The van der Waals surface area contributed by atoms with Crippen molar-refractivity contribution >= 4 is 11.3 Å². The van der Waals surface area contributed by atoms with Gasteiger partial charge in [0.15, 0.2) is 0 Å². The quantitative estimate of drug-likeness (QED) is 0.543. The molecule has 2 aromatic rings. The molecule has 0 bridgehead atoms. The van der Waals surface area contributed by atoms with E-state index >= 15 is 0 Å². The zero-order valence-corrected chi connectivity index (χ0v) is 9.76. The molecule has 0 fully saturated rings. The number of rotatable bonds is 3. The first kappa shape index (κ1) is 10.7. The summed E-state index contributed by atoms with van der Waals surface area (Å²) in [7, 11) is 0. The van der Waals surface area contributed by atoms with E-state index < -0.39 is 0 Å². The third kappa shape index (κ3) is 2.24. The van der Waals surface area contributed by atoms with Crippen LogP contribution in [-0.4, -0.2) is 0 Å². The van der Waals surface area contributed by atoms with Gasteiger partial charge in [-0.15, -0.1) is 24.3 Å². The summed E-state index contributed by atoms with van der Waals surface area (Å²) in [6.07, 6.45) is 8.24. The fraction of sp³-hybridized carbons (Fsp3) is 0.0667. The molecule has 0 saturated heterocycles. The van der Waals surface area contributed by atoms with Crippen molar-refractivity contribution < 1.29 is 0 Å². The summed E-state index contributed by atoms with van der Waals surface area (Å²) in [4.78, 5) is 1.33. The highest BCUT2D eigenvalue weighted by molar-refractivity contribution is 7.10. The van der Waals surface area contributed by atoms with Gasteiger partial charge in [0, 0.05) is 10.4 Å². The van der Waals surface area contributed by atoms with E-state index in [0.717, 1.165) is 12.0 Å². The van der Waals surface area contributed by atoms with Crippen LogP contribution >= 0.6 is 11.3 Å². The topological polar surface area (TPSA) is 0 Å². The second-order valence-electron chi connectivity index (χ2n) is 3.52. The van der Waals surface area contributed by atoms with Crippen LogP contribution in [0.1, 0.15) is 10.4 Å². The summed E-state index contributed by atoms with van der Waals surface area (Å²) in [6, 6.07) is 10.3. The van der Waals surface area contributed by atoms with Crippen molar-refractivity contribution in [3.63, 3.8) is 0 Å². The molecule has 0 aliphatic heterocycles. The van der Waals surface area contributed by atoms with Gasteiger partial charge in [0.1, 0.15) is 0 Å². The second-order valence-corrected chi connectivity index (χ2v) is 4.52. The average molecular weight is 224 g/mol. The van der Waals surface area contributed by atoms with Crippen LogP contribution in [0.25, 0.3) is 11.1 Å². The van der Waals surface area contributed by atoms with Gasteiger partial charge in [-0.2, -0.15) is 0 Å². The van der Waals surface area contributed by atoms with Gasteiger partial charge in [-0.05, 0) is 41.1 Å². The molecule has 0 aliphatic rings. The Morgan fingerprint density at radius 3 is 2.94 bits per heavy atom. The zero-order valence-electron chi connectivity index (χ0n) is 8.94. The largest absolute Gasteiger partial charge is 0.148 e. The lowest BCUT2D eigenvalue weighted by atomic mass is 10.1. The van der Waals surface area contributed by atoms with Crippen molar-refractivity contribution in [3.8, 4) is 23.5 Å². The predicted octanol–water partition coefficient (Wildman–Crippen LogP) is 4.12. The molecule has 0 N–H and O–H groups in total. The smallest absolute Gasteiger partial charge is 0.0248 e. The first-order valence-corrected chi connectivity index (χ1v) is 5.97. The third-order valence-corrected chi connectivity index (χ3v) is 3.32. The molecule has 1 heterocycles. The normalized spacial score (nSPS) is 9.69. The monoisotopic (exact) mass is 224 g/mol. The lowest BCUT2D eigenvalue weighted by molar-refractivity contribution is 1.35. The van der Waals surface area contributed by atoms with Crippen LogP contribution < -0.4 is 0 Å². The maximum Gasteiger partial charge on any atom is 0.0248 e. The van der Waals surface area contributed by atoms with Gasteiger partial charge >= 0.3 is 0 Å². The van der Waals surface area contributed by atoms with Crippen LogP contribution in [0.3, 0.4) is 0 Å². The minimum atomic E-state index is 0.925. The number of thiophene rings is 1. The first-order valence-electron chi connectivity index (χ1n) is 5.09. The molecule has 0 aliphatic carbocycles.